The minimum absolute atomic E-state index is 0.0557. The molecular formula is C14H17N3O2S. The number of carbonyl (C=O) groups is 1. The molecule has 0 aliphatic carbocycles. The van der Waals surface area contributed by atoms with Crippen LogP contribution >= 0.6 is 11.3 Å². The lowest BCUT2D eigenvalue weighted by Crippen LogP contribution is -2.44. The maximum atomic E-state index is 12.5. The normalized spacial score (nSPS) is 19.2. The van der Waals surface area contributed by atoms with Crippen LogP contribution in [0.3, 0.4) is 0 Å². The van der Waals surface area contributed by atoms with Crippen molar-refractivity contribution in [2.45, 2.75) is 19.4 Å². The number of rotatable bonds is 3. The summed E-state index contributed by atoms with van der Waals surface area (Å²) in [4.78, 5) is 16.8. The molecule has 0 aromatic carbocycles. The van der Waals surface area contributed by atoms with E-state index >= 15 is 0 Å². The largest absolute Gasteiger partial charge is 0.377 e. The number of aromatic amines is 1. The second kappa shape index (κ2) is 5.76. The maximum absolute atomic E-state index is 12.5. The van der Waals surface area contributed by atoms with Gasteiger partial charge < -0.3 is 9.64 Å². The van der Waals surface area contributed by atoms with E-state index in [1.807, 2.05) is 17.0 Å². The zero-order valence-electron chi connectivity index (χ0n) is 11.3. The highest BCUT2D eigenvalue weighted by Crippen LogP contribution is 2.24. The second-order valence-electron chi connectivity index (χ2n) is 4.88. The Hall–Kier alpha value is -1.66. The summed E-state index contributed by atoms with van der Waals surface area (Å²) in [6, 6.07) is 5.93. The van der Waals surface area contributed by atoms with Crippen LogP contribution in [-0.2, 0) is 16.0 Å². The molecule has 2 aromatic rings. The van der Waals surface area contributed by atoms with Crippen molar-refractivity contribution in [2.24, 2.45) is 0 Å². The molecule has 1 unspecified atom stereocenters. The first-order valence-corrected chi connectivity index (χ1v) is 7.47. The molecule has 3 rings (SSSR count). The van der Waals surface area contributed by atoms with E-state index in [4.69, 9.17) is 4.74 Å². The van der Waals surface area contributed by atoms with Gasteiger partial charge in [-0.25, -0.2) is 0 Å². The van der Waals surface area contributed by atoms with Crippen LogP contribution in [0.5, 0.6) is 0 Å². The SMILES string of the molecule is Cc1ccc(CC(=O)N2CCOCC2c2ccn[nH]2)s1. The number of H-pyrrole nitrogens is 1. The van der Waals surface area contributed by atoms with Crippen LogP contribution in [0, 0.1) is 6.92 Å². The van der Waals surface area contributed by atoms with E-state index in [0.717, 1.165) is 10.6 Å². The number of nitrogens with one attached hydrogen (secondary N) is 1. The Morgan fingerprint density at radius 3 is 3.15 bits per heavy atom. The number of thiophene rings is 1. The molecule has 1 N–H and O–H groups in total. The third kappa shape index (κ3) is 2.76. The summed E-state index contributed by atoms with van der Waals surface area (Å²) in [5.74, 6) is 0.148. The first-order valence-electron chi connectivity index (χ1n) is 6.66. The molecule has 1 amide bonds. The van der Waals surface area contributed by atoms with Crippen molar-refractivity contribution >= 4 is 17.2 Å². The molecule has 1 fully saturated rings. The number of morpholine rings is 1. The smallest absolute Gasteiger partial charge is 0.228 e. The molecule has 1 aliphatic heterocycles. The standard InChI is InChI=1S/C14H17N3O2S/c1-10-2-3-11(20-10)8-14(18)17-6-7-19-9-13(17)12-4-5-15-16-12/h2-5,13H,6-9H2,1H3,(H,15,16). The van der Waals surface area contributed by atoms with Crippen molar-refractivity contribution in [3.63, 3.8) is 0 Å². The summed E-state index contributed by atoms with van der Waals surface area (Å²) in [5, 5.41) is 6.90. The van der Waals surface area contributed by atoms with Crippen molar-refractivity contribution in [3.8, 4) is 0 Å². The van der Waals surface area contributed by atoms with Gasteiger partial charge in [-0.2, -0.15) is 5.10 Å². The van der Waals surface area contributed by atoms with Crippen LogP contribution in [0.4, 0.5) is 0 Å². The van der Waals surface area contributed by atoms with Gasteiger partial charge >= 0.3 is 0 Å². The molecule has 0 bridgehead atoms. The van der Waals surface area contributed by atoms with Crippen molar-refractivity contribution in [1.29, 1.82) is 0 Å². The number of aryl methyl sites for hydroxylation is 1. The number of ether oxygens (including phenoxy) is 1. The van der Waals surface area contributed by atoms with Gasteiger partial charge in [-0.3, -0.25) is 9.89 Å². The van der Waals surface area contributed by atoms with Crippen molar-refractivity contribution in [3.05, 3.63) is 39.8 Å². The highest BCUT2D eigenvalue weighted by atomic mass is 32.1. The zero-order valence-corrected chi connectivity index (χ0v) is 12.2. The van der Waals surface area contributed by atoms with Crippen molar-refractivity contribution in [2.75, 3.05) is 19.8 Å². The van der Waals surface area contributed by atoms with Gasteiger partial charge in [0, 0.05) is 22.5 Å². The lowest BCUT2D eigenvalue weighted by molar-refractivity contribution is -0.139. The monoisotopic (exact) mass is 291 g/mol. The van der Waals surface area contributed by atoms with Crippen LogP contribution < -0.4 is 0 Å². The van der Waals surface area contributed by atoms with Gasteiger partial charge in [0.15, 0.2) is 0 Å². The van der Waals surface area contributed by atoms with Gasteiger partial charge in [-0.15, -0.1) is 11.3 Å². The summed E-state index contributed by atoms with van der Waals surface area (Å²) in [5.41, 5.74) is 0.931. The van der Waals surface area contributed by atoms with Gasteiger partial charge in [0.2, 0.25) is 5.91 Å². The third-order valence-electron chi connectivity index (χ3n) is 3.45. The van der Waals surface area contributed by atoms with Gasteiger partial charge in [-0.05, 0) is 25.1 Å². The van der Waals surface area contributed by atoms with E-state index in [0.29, 0.717) is 26.2 Å². The highest BCUT2D eigenvalue weighted by molar-refractivity contribution is 7.12. The molecule has 5 nitrogen and oxygen atoms in total. The molecule has 1 aliphatic rings. The third-order valence-corrected chi connectivity index (χ3v) is 4.45. The van der Waals surface area contributed by atoms with E-state index in [-0.39, 0.29) is 11.9 Å². The van der Waals surface area contributed by atoms with Gasteiger partial charge in [-0.1, -0.05) is 0 Å². The fourth-order valence-corrected chi connectivity index (χ4v) is 3.32. The molecule has 20 heavy (non-hydrogen) atoms. The van der Waals surface area contributed by atoms with Crippen LogP contribution in [-0.4, -0.2) is 40.8 Å². The molecule has 106 valence electrons. The summed E-state index contributed by atoms with van der Waals surface area (Å²) in [7, 11) is 0. The fraction of sp³-hybridized carbons (Fsp3) is 0.429. The predicted octanol–water partition coefficient (Wildman–Crippen LogP) is 1.92. The first-order chi connectivity index (χ1) is 9.74. The molecule has 0 radical (unpaired) electrons. The molecule has 2 aromatic heterocycles. The molecule has 6 heteroatoms. The number of amides is 1. The van der Waals surface area contributed by atoms with E-state index < -0.39 is 0 Å². The quantitative estimate of drug-likeness (QED) is 0.940. The lowest BCUT2D eigenvalue weighted by atomic mass is 10.1. The Morgan fingerprint density at radius 1 is 1.55 bits per heavy atom. The molecule has 0 saturated carbocycles. The fourth-order valence-electron chi connectivity index (χ4n) is 2.44. The van der Waals surface area contributed by atoms with E-state index in [1.165, 1.54) is 4.88 Å². The Kier molecular flexibility index (Phi) is 3.84. The van der Waals surface area contributed by atoms with Crippen molar-refractivity contribution in [1.82, 2.24) is 15.1 Å². The molecule has 3 heterocycles. The van der Waals surface area contributed by atoms with Crippen LogP contribution in [0.1, 0.15) is 21.5 Å². The Balaban J connectivity index is 1.74. The van der Waals surface area contributed by atoms with Gasteiger partial charge in [0.1, 0.15) is 0 Å². The Labute approximate surface area is 121 Å². The number of hydrogen-bond acceptors (Lipinski definition) is 4. The molecular weight excluding hydrogens is 274 g/mol. The number of carbonyl (C=O) groups excluding carboxylic acids is 1. The molecule has 1 atom stereocenters. The first kappa shape index (κ1) is 13.3. The van der Waals surface area contributed by atoms with Gasteiger partial charge in [0.05, 0.1) is 31.4 Å². The Bertz CT molecular complexity index is 579. The average molecular weight is 291 g/mol. The number of hydrogen-bond donors (Lipinski definition) is 1. The number of aromatic nitrogens is 2. The summed E-state index contributed by atoms with van der Waals surface area (Å²) in [6.45, 7) is 3.81. The maximum Gasteiger partial charge on any atom is 0.228 e. The topological polar surface area (TPSA) is 58.2 Å². The minimum atomic E-state index is -0.0557. The predicted molar refractivity (Wildman–Crippen MR) is 76.6 cm³/mol. The van der Waals surface area contributed by atoms with Crippen molar-refractivity contribution < 1.29 is 9.53 Å². The zero-order chi connectivity index (χ0) is 13.9. The summed E-state index contributed by atoms with van der Waals surface area (Å²) in [6.07, 6.45) is 2.17. The lowest BCUT2D eigenvalue weighted by Gasteiger charge is -2.34. The minimum Gasteiger partial charge on any atom is -0.377 e. The summed E-state index contributed by atoms with van der Waals surface area (Å²) >= 11 is 1.68. The van der Waals surface area contributed by atoms with Crippen LogP contribution in [0.15, 0.2) is 24.4 Å². The van der Waals surface area contributed by atoms with Crippen LogP contribution in [0.2, 0.25) is 0 Å². The van der Waals surface area contributed by atoms with Gasteiger partial charge in [0.25, 0.3) is 0 Å². The van der Waals surface area contributed by atoms with E-state index in [2.05, 4.69) is 23.2 Å². The number of nitrogens with zero attached hydrogens (tertiary/aromatic N) is 2. The highest BCUT2D eigenvalue weighted by Gasteiger charge is 2.29. The van der Waals surface area contributed by atoms with Crippen LogP contribution in [0.25, 0.3) is 0 Å². The second-order valence-corrected chi connectivity index (χ2v) is 6.25. The van der Waals surface area contributed by atoms with E-state index in [1.54, 1.807) is 17.5 Å². The summed E-state index contributed by atoms with van der Waals surface area (Å²) < 4.78 is 5.50. The Morgan fingerprint density at radius 2 is 2.45 bits per heavy atom. The van der Waals surface area contributed by atoms with E-state index in [9.17, 15) is 4.79 Å². The average Bonchev–Trinajstić information content (AvgIpc) is 3.10. The molecule has 1 saturated heterocycles. The molecule has 0 spiro atoms.